The number of hydrogen-bond acceptors (Lipinski definition) is 6. The van der Waals surface area contributed by atoms with Crippen molar-refractivity contribution < 1.29 is 23.9 Å². The summed E-state index contributed by atoms with van der Waals surface area (Å²) in [7, 11) is 1.50. The maximum atomic E-state index is 11.9. The second kappa shape index (κ2) is 11.2. The fourth-order valence-corrected chi connectivity index (χ4v) is 2.27. The standard InChI is InChI=1S/C21H24N4O5/c1-14(2)23-19(26)13-30-17-9-7-15(8-10-17)12-22-25-21(28)20(27)24-16-5-4-6-18(11-16)29-3/h4-12,14H,13H2,1-3H3,(H,23,26)(H,24,27)(H,25,28)/b22-12-. The molecule has 9 heteroatoms. The molecule has 2 aromatic carbocycles. The number of ether oxygens (including phenoxy) is 2. The van der Waals surface area contributed by atoms with E-state index in [1.54, 1.807) is 48.5 Å². The Kier molecular flexibility index (Phi) is 8.37. The van der Waals surface area contributed by atoms with Crippen molar-refractivity contribution in [3.63, 3.8) is 0 Å². The van der Waals surface area contributed by atoms with Crippen molar-refractivity contribution in [1.29, 1.82) is 0 Å². The molecule has 0 saturated carbocycles. The summed E-state index contributed by atoms with van der Waals surface area (Å²) in [6.45, 7) is 3.66. The Hall–Kier alpha value is -3.88. The SMILES string of the molecule is COc1cccc(NC(=O)C(=O)N/N=C\c2ccc(OCC(=O)NC(C)C)cc2)c1. The Balaban J connectivity index is 1.80. The largest absolute Gasteiger partial charge is 0.497 e. The zero-order valence-corrected chi connectivity index (χ0v) is 17.0. The van der Waals surface area contributed by atoms with E-state index in [1.165, 1.54) is 13.3 Å². The van der Waals surface area contributed by atoms with Crippen LogP contribution in [-0.4, -0.2) is 43.7 Å². The number of amides is 3. The van der Waals surface area contributed by atoms with Gasteiger partial charge in [-0.15, -0.1) is 0 Å². The van der Waals surface area contributed by atoms with Gasteiger partial charge in [0.2, 0.25) is 0 Å². The molecule has 0 saturated heterocycles. The molecule has 0 fully saturated rings. The Morgan fingerprint density at radius 1 is 1.03 bits per heavy atom. The predicted octanol–water partition coefficient (Wildman–Crippen LogP) is 1.69. The number of nitrogens with one attached hydrogen (secondary N) is 3. The lowest BCUT2D eigenvalue weighted by atomic mass is 10.2. The molecule has 0 bridgehead atoms. The van der Waals surface area contributed by atoms with Crippen molar-refractivity contribution in [3.8, 4) is 11.5 Å². The summed E-state index contributed by atoms with van der Waals surface area (Å²) in [4.78, 5) is 35.3. The first kappa shape index (κ1) is 22.4. The highest BCUT2D eigenvalue weighted by atomic mass is 16.5. The van der Waals surface area contributed by atoms with Crippen LogP contribution in [0.25, 0.3) is 0 Å². The summed E-state index contributed by atoms with van der Waals surface area (Å²) in [5.41, 5.74) is 3.25. The van der Waals surface area contributed by atoms with E-state index < -0.39 is 11.8 Å². The van der Waals surface area contributed by atoms with Gasteiger partial charge in [0, 0.05) is 17.8 Å². The quantitative estimate of drug-likeness (QED) is 0.346. The van der Waals surface area contributed by atoms with E-state index in [0.717, 1.165) is 0 Å². The van der Waals surface area contributed by atoms with Crippen molar-refractivity contribution in [2.24, 2.45) is 5.10 Å². The van der Waals surface area contributed by atoms with Gasteiger partial charge in [-0.1, -0.05) is 6.07 Å². The van der Waals surface area contributed by atoms with Crippen LogP contribution in [0.15, 0.2) is 53.6 Å². The molecule has 0 aliphatic rings. The fourth-order valence-electron chi connectivity index (χ4n) is 2.27. The van der Waals surface area contributed by atoms with Crippen LogP contribution in [0, 0.1) is 0 Å². The number of carbonyl (C=O) groups excluding carboxylic acids is 3. The molecule has 0 heterocycles. The van der Waals surface area contributed by atoms with Crippen molar-refractivity contribution in [3.05, 3.63) is 54.1 Å². The monoisotopic (exact) mass is 412 g/mol. The Labute approximate surface area is 174 Å². The van der Waals surface area contributed by atoms with E-state index in [2.05, 4.69) is 21.2 Å². The minimum atomic E-state index is -0.912. The number of carbonyl (C=O) groups is 3. The Morgan fingerprint density at radius 3 is 2.43 bits per heavy atom. The van der Waals surface area contributed by atoms with E-state index in [0.29, 0.717) is 22.7 Å². The second-order valence-electron chi connectivity index (χ2n) is 6.47. The third-order valence-corrected chi connectivity index (χ3v) is 3.61. The zero-order valence-electron chi connectivity index (χ0n) is 17.0. The average Bonchev–Trinajstić information content (AvgIpc) is 2.72. The normalized spacial score (nSPS) is 10.5. The predicted molar refractivity (Wildman–Crippen MR) is 113 cm³/mol. The van der Waals surface area contributed by atoms with Crippen LogP contribution in [0.5, 0.6) is 11.5 Å². The van der Waals surface area contributed by atoms with Crippen LogP contribution < -0.4 is 25.5 Å². The second-order valence-corrected chi connectivity index (χ2v) is 6.47. The summed E-state index contributed by atoms with van der Waals surface area (Å²) in [5, 5.41) is 8.94. The Morgan fingerprint density at radius 2 is 1.77 bits per heavy atom. The van der Waals surface area contributed by atoms with E-state index in [-0.39, 0.29) is 18.6 Å². The van der Waals surface area contributed by atoms with Crippen LogP contribution in [-0.2, 0) is 14.4 Å². The summed E-state index contributed by atoms with van der Waals surface area (Å²) in [6, 6.07) is 13.4. The lowest BCUT2D eigenvalue weighted by Gasteiger charge is -2.09. The highest BCUT2D eigenvalue weighted by Gasteiger charge is 2.13. The molecule has 0 unspecified atom stereocenters. The van der Waals surface area contributed by atoms with Gasteiger partial charge in [-0.3, -0.25) is 14.4 Å². The molecule has 158 valence electrons. The van der Waals surface area contributed by atoms with Crippen LogP contribution in [0.2, 0.25) is 0 Å². The minimum absolute atomic E-state index is 0.0486. The van der Waals surface area contributed by atoms with Crippen LogP contribution in [0.1, 0.15) is 19.4 Å². The molecule has 3 N–H and O–H groups in total. The molecule has 0 atom stereocenters. The highest BCUT2D eigenvalue weighted by molar-refractivity contribution is 6.39. The van der Waals surface area contributed by atoms with Gasteiger partial charge in [-0.25, -0.2) is 5.43 Å². The molecular weight excluding hydrogens is 388 g/mol. The molecule has 0 spiro atoms. The zero-order chi connectivity index (χ0) is 21.9. The molecule has 9 nitrogen and oxygen atoms in total. The molecule has 2 aromatic rings. The Bertz CT molecular complexity index is 910. The van der Waals surface area contributed by atoms with Gasteiger partial charge in [0.15, 0.2) is 6.61 Å². The summed E-state index contributed by atoms with van der Waals surface area (Å²) >= 11 is 0. The van der Waals surface area contributed by atoms with Crippen molar-refractivity contribution in [1.82, 2.24) is 10.7 Å². The number of methoxy groups -OCH3 is 1. The minimum Gasteiger partial charge on any atom is -0.497 e. The highest BCUT2D eigenvalue weighted by Crippen LogP contribution is 2.16. The molecule has 30 heavy (non-hydrogen) atoms. The lowest BCUT2D eigenvalue weighted by Crippen LogP contribution is -2.34. The smallest absolute Gasteiger partial charge is 0.329 e. The molecule has 0 aromatic heterocycles. The first-order valence-corrected chi connectivity index (χ1v) is 9.18. The van der Waals surface area contributed by atoms with Gasteiger partial charge < -0.3 is 20.1 Å². The van der Waals surface area contributed by atoms with Gasteiger partial charge in [0.1, 0.15) is 11.5 Å². The molecule has 0 radical (unpaired) electrons. The van der Waals surface area contributed by atoms with Crippen molar-refractivity contribution >= 4 is 29.6 Å². The fraction of sp³-hybridized carbons (Fsp3) is 0.238. The number of rotatable bonds is 8. The van der Waals surface area contributed by atoms with Crippen LogP contribution in [0.4, 0.5) is 5.69 Å². The molecular formula is C21H24N4O5. The number of benzene rings is 2. The summed E-state index contributed by atoms with van der Waals surface area (Å²) in [6.07, 6.45) is 1.38. The lowest BCUT2D eigenvalue weighted by molar-refractivity contribution is -0.136. The third-order valence-electron chi connectivity index (χ3n) is 3.61. The third kappa shape index (κ3) is 7.63. The molecule has 3 amide bonds. The first-order chi connectivity index (χ1) is 14.4. The average molecular weight is 412 g/mol. The van der Waals surface area contributed by atoms with Crippen molar-refractivity contribution in [2.75, 3.05) is 19.0 Å². The van der Waals surface area contributed by atoms with E-state index >= 15 is 0 Å². The molecule has 0 aliphatic heterocycles. The summed E-state index contributed by atoms with van der Waals surface area (Å²) < 4.78 is 10.4. The van der Waals surface area contributed by atoms with E-state index in [4.69, 9.17) is 9.47 Å². The van der Waals surface area contributed by atoms with Gasteiger partial charge in [-0.2, -0.15) is 5.10 Å². The van der Waals surface area contributed by atoms with Gasteiger partial charge in [-0.05, 0) is 55.8 Å². The van der Waals surface area contributed by atoms with Crippen LogP contribution in [0.3, 0.4) is 0 Å². The van der Waals surface area contributed by atoms with Gasteiger partial charge >= 0.3 is 11.8 Å². The maximum Gasteiger partial charge on any atom is 0.329 e. The number of hydrazone groups is 1. The number of nitrogens with zero attached hydrogens (tertiary/aromatic N) is 1. The van der Waals surface area contributed by atoms with Gasteiger partial charge in [0.25, 0.3) is 5.91 Å². The van der Waals surface area contributed by atoms with E-state index in [9.17, 15) is 14.4 Å². The van der Waals surface area contributed by atoms with Gasteiger partial charge in [0.05, 0.1) is 13.3 Å². The van der Waals surface area contributed by atoms with E-state index in [1.807, 2.05) is 13.8 Å². The summed E-state index contributed by atoms with van der Waals surface area (Å²) in [5.74, 6) is -0.897. The van der Waals surface area contributed by atoms with Crippen molar-refractivity contribution in [2.45, 2.75) is 19.9 Å². The van der Waals surface area contributed by atoms with Crippen LogP contribution >= 0.6 is 0 Å². The molecule has 0 aliphatic carbocycles. The topological polar surface area (TPSA) is 118 Å². The number of anilines is 1. The number of hydrogen-bond donors (Lipinski definition) is 3. The maximum absolute atomic E-state index is 11.9. The first-order valence-electron chi connectivity index (χ1n) is 9.18. The molecule has 2 rings (SSSR count).